The Morgan fingerprint density at radius 2 is 1.85 bits per heavy atom. The van der Waals surface area contributed by atoms with Crippen LogP contribution in [0.15, 0.2) is 24.4 Å². The van der Waals surface area contributed by atoms with E-state index in [4.69, 9.17) is 18.9 Å². The number of ether oxygens (including phenoxy) is 4. The van der Waals surface area contributed by atoms with Gasteiger partial charge in [0.2, 0.25) is 6.79 Å². The molecule has 0 unspecified atom stereocenters. The summed E-state index contributed by atoms with van der Waals surface area (Å²) in [7, 11) is 0. The number of hydrogen-bond donors (Lipinski definition) is 4. The molecule has 4 aliphatic heterocycles. The molecule has 2 fully saturated rings. The number of Topliss-reactive ketones (excluding diaryl/α,β-unsaturated/α-hetero) is 1. The van der Waals surface area contributed by atoms with Crippen molar-refractivity contribution in [1.29, 1.82) is 0 Å². The van der Waals surface area contributed by atoms with Gasteiger partial charge in [-0.1, -0.05) is 6.58 Å². The number of aliphatic hydroxyl groups excluding tert-OH is 4. The summed E-state index contributed by atoms with van der Waals surface area (Å²) in [5, 5.41) is 40.3. The zero-order valence-corrected chi connectivity index (χ0v) is 18.3. The predicted molar refractivity (Wildman–Crippen MR) is 112 cm³/mol. The molecule has 11 nitrogen and oxygen atoms in total. The number of amides is 1. The summed E-state index contributed by atoms with van der Waals surface area (Å²) < 4.78 is 22.2. The number of carbonyl (C=O) groups excluding carboxylic acids is 2. The SMILES string of the molecule is C=C1C[C@@H]2C(=O)C[C@@H](O[C@H]3C[C@@H](O)[C@H](O)[C@@H](CO)O3)[C@H](O)C(=O)N1Cc1cc3c(cc12)OCO3. The second-order valence-electron chi connectivity index (χ2n) is 9.02. The van der Waals surface area contributed by atoms with E-state index in [1.165, 1.54) is 4.90 Å². The fourth-order valence-electron chi connectivity index (χ4n) is 4.96. The number of fused-ring (bicyclic) bond motifs is 6. The monoisotopic (exact) mass is 477 g/mol. The number of hydrogen-bond acceptors (Lipinski definition) is 10. The quantitative estimate of drug-likeness (QED) is 0.439. The molecule has 11 heteroatoms. The van der Waals surface area contributed by atoms with Crippen LogP contribution in [0.5, 0.6) is 11.5 Å². The summed E-state index contributed by atoms with van der Waals surface area (Å²) >= 11 is 0. The number of nitrogens with zero attached hydrogens (tertiary/aromatic N) is 1. The van der Waals surface area contributed by atoms with Crippen LogP contribution in [0.1, 0.15) is 36.3 Å². The van der Waals surface area contributed by atoms with E-state index in [1.807, 2.05) is 0 Å². The zero-order chi connectivity index (χ0) is 24.1. The van der Waals surface area contributed by atoms with Crippen LogP contribution >= 0.6 is 0 Å². The Morgan fingerprint density at radius 3 is 2.59 bits per heavy atom. The van der Waals surface area contributed by atoms with Crippen molar-refractivity contribution < 1.29 is 49.0 Å². The van der Waals surface area contributed by atoms with Gasteiger partial charge in [0.05, 0.1) is 19.3 Å². The lowest BCUT2D eigenvalue weighted by Crippen LogP contribution is -2.53. The average Bonchev–Trinajstić information content (AvgIpc) is 3.22. The highest BCUT2D eigenvalue weighted by atomic mass is 16.7. The molecule has 2 saturated heterocycles. The van der Waals surface area contributed by atoms with Crippen LogP contribution in [0.4, 0.5) is 0 Å². The van der Waals surface area contributed by atoms with Crippen LogP contribution in [0.3, 0.4) is 0 Å². The molecule has 1 amide bonds. The molecular weight excluding hydrogens is 450 g/mol. The van der Waals surface area contributed by atoms with Crippen LogP contribution in [0, 0.1) is 0 Å². The Kier molecular flexibility index (Phi) is 6.09. The van der Waals surface area contributed by atoms with Gasteiger partial charge in [-0.05, 0) is 23.3 Å². The normalized spacial score (nSPS) is 35.5. The summed E-state index contributed by atoms with van der Waals surface area (Å²) in [6.45, 7) is 3.58. The highest BCUT2D eigenvalue weighted by molar-refractivity contribution is 5.91. The molecule has 7 atom stereocenters. The van der Waals surface area contributed by atoms with Crippen molar-refractivity contribution in [2.24, 2.45) is 0 Å². The second-order valence-corrected chi connectivity index (χ2v) is 9.02. The molecule has 184 valence electrons. The van der Waals surface area contributed by atoms with Gasteiger partial charge in [0.15, 0.2) is 23.9 Å². The van der Waals surface area contributed by atoms with Gasteiger partial charge in [-0.2, -0.15) is 0 Å². The standard InChI is InChI=1S/C23H27NO10/c1-10-2-13-12-4-17-16(31-9-32-17)3-11(12)7-24(10)23(30)22(29)18(5-14(13)26)33-20-6-15(27)21(28)19(8-25)34-20/h3-4,13,15,18-22,25,27-29H,1-2,5-9H2/t13-,15+,18+,19+,20+,21-,22-/m0/s1. The minimum atomic E-state index is -1.70. The highest BCUT2D eigenvalue weighted by Crippen LogP contribution is 2.43. The minimum absolute atomic E-state index is 0.0671. The lowest BCUT2D eigenvalue weighted by atomic mass is 9.85. The first-order valence-electron chi connectivity index (χ1n) is 11.2. The van der Waals surface area contributed by atoms with Gasteiger partial charge in [-0.3, -0.25) is 9.59 Å². The van der Waals surface area contributed by atoms with Gasteiger partial charge in [0, 0.05) is 30.9 Å². The van der Waals surface area contributed by atoms with E-state index in [-0.39, 0.29) is 38.4 Å². The van der Waals surface area contributed by atoms with Gasteiger partial charge < -0.3 is 44.3 Å². The molecular formula is C23H27NO10. The van der Waals surface area contributed by atoms with Gasteiger partial charge >= 0.3 is 0 Å². The molecule has 4 heterocycles. The predicted octanol–water partition coefficient (Wildman–Crippen LogP) is -0.707. The molecule has 0 saturated carbocycles. The molecule has 2 bridgehead atoms. The fourth-order valence-corrected chi connectivity index (χ4v) is 4.96. The van der Waals surface area contributed by atoms with Crippen molar-refractivity contribution in [3.8, 4) is 11.5 Å². The molecule has 0 radical (unpaired) electrons. The van der Waals surface area contributed by atoms with Crippen LogP contribution in [-0.2, 0) is 25.6 Å². The van der Waals surface area contributed by atoms with Gasteiger partial charge in [-0.15, -0.1) is 0 Å². The van der Waals surface area contributed by atoms with Crippen LogP contribution < -0.4 is 9.47 Å². The molecule has 0 aliphatic carbocycles. The highest BCUT2D eigenvalue weighted by Gasteiger charge is 2.44. The lowest BCUT2D eigenvalue weighted by Gasteiger charge is -2.38. The molecule has 1 aromatic rings. The molecule has 0 aromatic heterocycles. The maximum Gasteiger partial charge on any atom is 0.258 e. The third-order valence-electron chi connectivity index (χ3n) is 6.86. The smallest absolute Gasteiger partial charge is 0.258 e. The Hall–Kier alpha value is -2.54. The molecule has 4 aliphatic rings. The molecule has 34 heavy (non-hydrogen) atoms. The van der Waals surface area contributed by atoms with Gasteiger partial charge in [0.1, 0.15) is 24.1 Å². The van der Waals surface area contributed by atoms with Crippen molar-refractivity contribution in [3.05, 3.63) is 35.5 Å². The Balaban J connectivity index is 1.46. The molecule has 0 spiro atoms. The average molecular weight is 477 g/mol. The largest absolute Gasteiger partial charge is 0.454 e. The topological polar surface area (TPSA) is 155 Å². The van der Waals surface area contributed by atoms with Crippen molar-refractivity contribution in [3.63, 3.8) is 0 Å². The van der Waals surface area contributed by atoms with E-state index in [0.29, 0.717) is 28.3 Å². The van der Waals surface area contributed by atoms with Crippen LogP contribution in [-0.4, -0.2) is 87.2 Å². The summed E-state index contributed by atoms with van der Waals surface area (Å²) in [6, 6.07) is 3.50. The second kappa shape index (κ2) is 8.91. The number of aliphatic hydroxyl groups is 4. The fraction of sp³-hybridized carbons (Fsp3) is 0.565. The summed E-state index contributed by atoms with van der Waals surface area (Å²) in [5.74, 6) is -0.542. The lowest BCUT2D eigenvalue weighted by molar-refractivity contribution is -0.276. The van der Waals surface area contributed by atoms with Gasteiger partial charge in [0.25, 0.3) is 5.91 Å². The van der Waals surface area contributed by atoms with Gasteiger partial charge in [-0.25, -0.2) is 0 Å². The van der Waals surface area contributed by atoms with E-state index in [1.54, 1.807) is 12.1 Å². The van der Waals surface area contributed by atoms with E-state index in [9.17, 15) is 30.0 Å². The summed E-state index contributed by atoms with van der Waals surface area (Å²) in [4.78, 5) is 28.1. The Morgan fingerprint density at radius 1 is 1.12 bits per heavy atom. The van der Waals surface area contributed by atoms with E-state index >= 15 is 0 Å². The Labute approximate surface area is 195 Å². The minimum Gasteiger partial charge on any atom is -0.454 e. The zero-order valence-electron chi connectivity index (χ0n) is 18.3. The first-order valence-corrected chi connectivity index (χ1v) is 11.2. The molecule has 5 rings (SSSR count). The van der Waals surface area contributed by atoms with Crippen LogP contribution in [0.25, 0.3) is 0 Å². The Bertz CT molecular complexity index is 1010. The number of benzene rings is 1. The first-order chi connectivity index (χ1) is 16.3. The van der Waals surface area contributed by atoms with Crippen LogP contribution in [0.2, 0.25) is 0 Å². The maximum atomic E-state index is 13.5. The van der Waals surface area contributed by atoms with E-state index < -0.39 is 55.2 Å². The van der Waals surface area contributed by atoms with Crippen molar-refractivity contribution >= 4 is 11.7 Å². The van der Waals surface area contributed by atoms with Crippen molar-refractivity contribution in [2.45, 2.75) is 68.5 Å². The number of rotatable bonds is 3. The maximum absolute atomic E-state index is 13.5. The molecule has 1 aromatic carbocycles. The third-order valence-corrected chi connectivity index (χ3v) is 6.86. The van der Waals surface area contributed by atoms with E-state index in [0.717, 1.165) is 0 Å². The number of ketones is 1. The van der Waals surface area contributed by atoms with Crippen molar-refractivity contribution in [2.75, 3.05) is 13.4 Å². The van der Waals surface area contributed by atoms with Crippen molar-refractivity contribution in [1.82, 2.24) is 4.90 Å². The molecule has 4 N–H and O–H groups in total. The van der Waals surface area contributed by atoms with E-state index in [2.05, 4.69) is 6.58 Å². The number of carbonyl (C=O) groups is 2. The summed E-state index contributed by atoms with van der Waals surface area (Å²) in [6.07, 6.45) is -8.03. The summed E-state index contributed by atoms with van der Waals surface area (Å²) in [5.41, 5.74) is 1.81. The number of allylic oxidation sites excluding steroid dienone is 1. The first kappa shape index (κ1) is 23.2. The third kappa shape index (κ3) is 3.98.